The molecule has 1 fully saturated rings. The molecule has 1 heterocycles. The van der Waals surface area contributed by atoms with E-state index in [0.717, 1.165) is 5.56 Å². The zero-order valence-electron chi connectivity index (χ0n) is 12.3. The number of benzene rings is 1. The first-order chi connectivity index (χ1) is 9.50. The molecule has 0 bridgehead atoms. The summed E-state index contributed by atoms with van der Waals surface area (Å²) in [4.78, 5) is 0. The summed E-state index contributed by atoms with van der Waals surface area (Å²) < 4.78 is 16.5. The summed E-state index contributed by atoms with van der Waals surface area (Å²) >= 11 is 0. The van der Waals surface area contributed by atoms with Crippen LogP contribution < -0.4 is 4.74 Å². The average molecular weight is 275 g/mol. The molecule has 0 aliphatic carbocycles. The molecule has 0 N–H and O–H groups in total. The lowest BCUT2D eigenvalue weighted by Gasteiger charge is -2.24. The molecule has 1 unspecified atom stereocenters. The molecule has 1 atom stereocenters. The normalized spacial score (nSPS) is 19.4. The van der Waals surface area contributed by atoms with Gasteiger partial charge >= 0.3 is 0 Å². The van der Waals surface area contributed by atoms with Crippen LogP contribution in [0.5, 0.6) is 5.75 Å². The minimum absolute atomic E-state index is 0.0183. The molecule has 0 radical (unpaired) electrons. The Morgan fingerprint density at radius 2 is 2.15 bits per heavy atom. The van der Waals surface area contributed by atoms with Crippen molar-refractivity contribution >= 4 is 0 Å². The third-order valence-corrected chi connectivity index (χ3v) is 3.28. The summed E-state index contributed by atoms with van der Waals surface area (Å²) in [5, 5.41) is 9.26. The van der Waals surface area contributed by atoms with E-state index in [2.05, 4.69) is 26.8 Å². The molecule has 1 aliphatic rings. The molecule has 1 saturated heterocycles. The second kappa shape index (κ2) is 6.25. The van der Waals surface area contributed by atoms with Crippen LogP contribution in [-0.4, -0.2) is 32.5 Å². The van der Waals surface area contributed by atoms with Crippen molar-refractivity contribution in [2.45, 2.75) is 32.3 Å². The highest BCUT2D eigenvalue weighted by Gasteiger charge is 2.18. The zero-order valence-corrected chi connectivity index (χ0v) is 12.3. The molecule has 0 aromatic heterocycles. The summed E-state index contributed by atoms with van der Waals surface area (Å²) in [7, 11) is 0. The summed E-state index contributed by atoms with van der Waals surface area (Å²) in [6, 6.07) is 7.97. The van der Waals surface area contributed by atoms with Crippen LogP contribution >= 0.6 is 0 Å². The van der Waals surface area contributed by atoms with Crippen molar-refractivity contribution in [1.29, 1.82) is 5.26 Å². The van der Waals surface area contributed by atoms with Gasteiger partial charge in [0.2, 0.25) is 0 Å². The fourth-order valence-corrected chi connectivity index (χ4v) is 2.03. The second-order valence-electron chi connectivity index (χ2n) is 5.95. The first kappa shape index (κ1) is 14.8. The first-order valence-electron chi connectivity index (χ1n) is 6.87. The van der Waals surface area contributed by atoms with Gasteiger partial charge in [-0.15, -0.1) is 0 Å². The van der Waals surface area contributed by atoms with E-state index in [1.165, 1.54) is 0 Å². The van der Waals surface area contributed by atoms with Gasteiger partial charge in [-0.1, -0.05) is 26.8 Å². The summed E-state index contributed by atoms with van der Waals surface area (Å²) in [5.74, 6) is 0.606. The van der Waals surface area contributed by atoms with Gasteiger partial charge in [0.25, 0.3) is 0 Å². The van der Waals surface area contributed by atoms with E-state index in [4.69, 9.17) is 14.2 Å². The Morgan fingerprint density at radius 1 is 1.35 bits per heavy atom. The van der Waals surface area contributed by atoms with Crippen LogP contribution in [0, 0.1) is 11.3 Å². The molecule has 2 rings (SSSR count). The van der Waals surface area contributed by atoms with Crippen LogP contribution in [0.25, 0.3) is 0 Å². The van der Waals surface area contributed by atoms with Gasteiger partial charge in [-0.05, 0) is 23.1 Å². The molecule has 4 nitrogen and oxygen atoms in total. The molecule has 108 valence electrons. The Balaban J connectivity index is 2.06. The van der Waals surface area contributed by atoms with Crippen molar-refractivity contribution in [3.8, 4) is 11.8 Å². The average Bonchev–Trinajstić information content (AvgIpc) is 2.45. The standard InChI is InChI=1S/C16H21NO3/c1-16(2,3)13-4-5-15(12(8-13)9-17)20-11-14-10-18-6-7-19-14/h4-5,8,14H,6-7,10-11H2,1-3H3. The highest BCUT2D eigenvalue weighted by atomic mass is 16.6. The lowest BCUT2D eigenvalue weighted by atomic mass is 9.86. The highest BCUT2D eigenvalue weighted by Crippen LogP contribution is 2.27. The van der Waals surface area contributed by atoms with Gasteiger partial charge in [-0.25, -0.2) is 0 Å². The van der Waals surface area contributed by atoms with Gasteiger partial charge in [-0.2, -0.15) is 5.26 Å². The maximum Gasteiger partial charge on any atom is 0.137 e. The fourth-order valence-electron chi connectivity index (χ4n) is 2.03. The minimum atomic E-state index is -0.0578. The monoisotopic (exact) mass is 275 g/mol. The molecule has 1 aromatic rings. The van der Waals surface area contributed by atoms with E-state index in [0.29, 0.717) is 37.7 Å². The zero-order chi connectivity index (χ0) is 14.6. The molecule has 1 aliphatic heterocycles. The van der Waals surface area contributed by atoms with Crippen molar-refractivity contribution in [2.75, 3.05) is 26.4 Å². The van der Waals surface area contributed by atoms with Crippen LogP contribution in [-0.2, 0) is 14.9 Å². The van der Waals surface area contributed by atoms with E-state index >= 15 is 0 Å². The maximum atomic E-state index is 9.26. The topological polar surface area (TPSA) is 51.5 Å². The third kappa shape index (κ3) is 3.72. The van der Waals surface area contributed by atoms with Gasteiger partial charge < -0.3 is 14.2 Å². The van der Waals surface area contributed by atoms with Crippen LogP contribution in [0.1, 0.15) is 31.9 Å². The summed E-state index contributed by atoms with van der Waals surface area (Å²) in [6.45, 7) is 8.56. The van der Waals surface area contributed by atoms with Crippen molar-refractivity contribution < 1.29 is 14.2 Å². The predicted molar refractivity (Wildman–Crippen MR) is 75.9 cm³/mol. The third-order valence-electron chi connectivity index (χ3n) is 3.28. The molecule has 4 heteroatoms. The van der Waals surface area contributed by atoms with Gasteiger partial charge in [0.15, 0.2) is 0 Å². The molecule has 0 spiro atoms. The van der Waals surface area contributed by atoms with Crippen LogP contribution in [0.3, 0.4) is 0 Å². The molecule has 0 amide bonds. The number of nitrogens with zero attached hydrogens (tertiary/aromatic N) is 1. The van der Waals surface area contributed by atoms with Crippen LogP contribution in [0.15, 0.2) is 18.2 Å². The van der Waals surface area contributed by atoms with Crippen LogP contribution in [0.4, 0.5) is 0 Å². The molecular weight excluding hydrogens is 254 g/mol. The van der Waals surface area contributed by atoms with Crippen molar-refractivity contribution in [2.24, 2.45) is 0 Å². The van der Waals surface area contributed by atoms with E-state index < -0.39 is 0 Å². The maximum absolute atomic E-state index is 9.26. The van der Waals surface area contributed by atoms with E-state index in [1.807, 2.05) is 18.2 Å². The predicted octanol–water partition coefficient (Wildman–Crippen LogP) is 2.65. The quantitative estimate of drug-likeness (QED) is 0.851. The van der Waals surface area contributed by atoms with Gasteiger partial charge in [0.1, 0.15) is 24.5 Å². The minimum Gasteiger partial charge on any atom is -0.489 e. The Morgan fingerprint density at radius 3 is 2.75 bits per heavy atom. The van der Waals surface area contributed by atoms with Gasteiger partial charge in [0, 0.05) is 0 Å². The number of nitriles is 1. The van der Waals surface area contributed by atoms with Crippen molar-refractivity contribution in [1.82, 2.24) is 0 Å². The highest BCUT2D eigenvalue weighted by molar-refractivity contribution is 5.46. The molecule has 0 saturated carbocycles. The lowest BCUT2D eigenvalue weighted by molar-refractivity contribution is -0.101. The molecule has 20 heavy (non-hydrogen) atoms. The molecule has 1 aromatic carbocycles. The second-order valence-corrected chi connectivity index (χ2v) is 5.95. The van der Waals surface area contributed by atoms with Crippen molar-refractivity contribution in [3.05, 3.63) is 29.3 Å². The number of hydrogen-bond acceptors (Lipinski definition) is 4. The first-order valence-corrected chi connectivity index (χ1v) is 6.87. The summed E-state index contributed by atoms with van der Waals surface area (Å²) in [6.07, 6.45) is -0.0578. The fraction of sp³-hybridized carbons (Fsp3) is 0.562. The van der Waals surface area contributed by atoms with Gasteiger partial charge in [-0.3, -0.25) is 0 Å². The lowest BCUT2D eigenvalue weighted by Crippen LogP contribution is -2.33. The van der Waals surface area contributed by atoms with E-state index in [1.54, 1.807) is 0 Å². The largest absolute Gasteiger partial charge is 0.489 e. The Hall–Kier alpha value is -1.57. The van der Waals surface area contributed by atoms with E-state index in [9.17, 15) is 5.26 Å². The van der Waals surface area contributed by atoms with Crippen LogP contribution in [0.2, 0.25) is 0 Å². The number of hydrogen-bond donors (Lipinski definition) is 0. The van der Waals surface area contributed by atoms with Gasteiger partial charge in [0.05, 0.1) is 25.4 Å². The number of rotatable bonds is 3. The Kier molecular flexibility index (Phi) is 4.64. The summed E-state index contributed by atoms with van der Waals surface area (Å²) in [5.41, 5.74) is 1.71. The molecular formula is C16H21NO3. The Bertz CT molecular complexity index is 493. The SMILES string of the molecule is CC(C)(C)c1ccc(OCC2COCCO2)c(C#N)c1. The van der Waals surface area contributed by atoms with E-state index in [-0.39, 0.29) is 11.5 Å². The smallest absolute Gasteiger partial charge is 0.137 e. The number of ether oxygens (including phenoxy) is 3. The Labute approximate surface area is 120 Å². The van der Waals surface area contributed by atoms with Crippen molar-refractivity contribution in [3.63, 3.8) is 0 Å².